The van der Waals surface area contributed by atoms with E-state index in [-0.39, 0.29) is 23.1 Å². The normalized spacial score (nSPS) is 28.4. The number of sulfone groups is 1. The van der Waals surface area contributed by atoms with E-state index in [1.807, 2.05) is 4.52 Å². The Labute approximate surface area is 179 Å². The number of nitrogens with zero attached hydrogens (tertiary/aromatic N) is 3. The lowest BCUT2D eigenvalue weighted by Gasteiger charge is -2.31. The van der Waals surface area contributed by atoms with Gasteiger partial charge in [-0.05, 0) is 60.4 Å². The van der Waals surface area contributed by atoms with Crippen molar-refractivity contribution >= 4 is 37.2 Å². The van der Waals surface area contributed by atoms with Gasteiger partial charge in [-0.25, -0.2) is 13.4 Å². The molecule has 0 bridgehead atoms. The molecule has 3 atom stereocenters. The Morgan fingerprint density at radius 1 is 1.34 bits per heavy atom. The third-order valence-corrected chi connectivity index (χ3v) is 8.79. The molecule has 2 aromatic heterocycles. The molecule has 7 nitrogen and oxygen atoms in total. The first kappa shape index (κ1) is 19.8. The van der Waals surface area contributed by atoms with Gasteiger partial charge < -0.3 is 11.1 Å². The quantitative estimate of drug-likeness (QED) is 0.695. The zero-order valence-corrected chi connectivity index (χ0v) is 19.1. The Bertz CT molecular complexity index is 1060. The topological polar surface area (TPSA) is 102 Å². The van der Waals surface area contributed by atoms with Crippen molar-refractivity contribution < 1.29 is 8.42 Å². The highest BCUT2D eigenvalue weighted by Crippen LogP contribution is 2.55. The zero-order chi connectivity index (χ0) is 20.4. The van der Waals surface area contributed by atoms with Crippen LogP contribution in [-0.2, 0) is 21.7 Å². The van der Waals surface area contributed by atoms with Crippen LogP contribution in [0.2, 0.25) is 0 Å². The molecule has 0 aromatic carbocycles. The first-order valence-corrected chi connectivity index (χ1v) is 13.4. The van der Waals surface area contributed by atoms with Gasteiger partial charge in [-0.1, -0.05) is 12.8 Å². The zero-order valence-electron chi connectivity index (χ0n) is 16.7. The largest absolute Gasteiger partial charge is 0.367 e. The van der Waals surface area contributed by atoms with E-state index in [2.05, 4.69) is 26.3 Å². The maximum absolute atomic E-state index is 12.2. The van der Waals surface area contributed by atoms with Gasteiger partial charge in [0.1, 0.15) is 15.7 Å². The average molecular weight is 482 g/mol. The van der Waals surface area contributed by atoms with Gasteiger partial charge in [0, 0.05) is 29.3 Å². The summed E-state index contributed by atoms with van der Waals surface area (Å²) in [6.45, 7) is 0. The van der Waals surface area contributed by atoms with Crippen LogP contribution in [0.25, 0.3) is 5.65 Å². The predicted octanol–water partition coefficient (Wildman–Crippen LogP) is 2.81. The molecule has 0 aliphatic heterocycles. The molecule has 3 aliphatic carbocycles. The van der Waals surface area contributed by atoms with Crippen molar-refractivity contribution in [1.82, 2.24) is 14.6 Å². The number of hydrogen-bond acceptors (Lipinski definition) is 6. The molecule has 0 amide bonds. The SMILES string of the molecule is CS(=O)(=O)CC1Cc2c(nc3c(Br)cnn3c2N[C@H]2CC[C@H](N)C2)C12CCCC2. The standard InChI is InChI=1S/C20H28BrN5O2S/c1-29(27,28)11-12-8-15-17(20(12)6-2-3-7-20)25-19-16(21)10-23-26(19)18(15)24-14-5-4-13(22)9-14/h10,12-14,24H,2-9,11,22H2,1H3/t12?,13-,14-/m0/s1. The molecule has 3 N–H and O–H groups in total. The van der Waals surface area contributed by atoms with E-state index in [4.69, 9.17) is 10.7 Å². The van der Waals surface area contributed by atoms with Crippen molar-refractivity contribution in [3.63, 3.8) is 0 Å². The van der Waals surface area contributed by atoms with Crippen LogP contribution in [-0.4, -0.2) is 47.1 Å². The van der Waals surface area contributed by atoms with Crippen molar-refractivity contribution in [2.45, 2.75) is 68.9 Å². The lowest BCUT2D eigenvalue weighted by molar-refractivity contribution is 0.318. The highest BCUT2D eigenvalue weighted by molar-refractivity contribution is 9.10. The van der Waals surface area contributed by atoms with E-state index in [0.717, 1.165) is 78.6 Å². The highest BCUT2D eigenvalue weighted by atomic mass is 79.9. The van der Waals surface area contributed by atoms with E-state index >= 15 is 0 Å². The molecule has 2 heterocycles. The van der Waals surface area contributed by atoms with Crippen LogP contribution in [0.4, 0.5) is 5.82 Å². The van der Waals surface area contributed by atoms with Crippen LogP contribution in [0.3, 0.4) is 0 Å². The van der Waals surface area contributed by atoms with E-state index in [0.29, 0.717) is 6.04 Å². The summed E-state index contributed by atoms with van der Waals surface area (Å²) in [7, 11) is -3.07. The van der Waals surface area contributed by atoms with Gasteiger partial charge in [-0.2, -0.15) is 9.61 Å². The maximum Gasteiger partial charge on any atom is 0.171 e. The Morgan fingerprint density at radius 3 is 2.76 bits per heavy atom. The molecule has 29 heavy (non-hydrogen) atoms. The van der Waals surface area contributed by atoms with Gasteiger partial charge in [0.05, 0.1) is 22.1 Å². The second-order valence-electron chi connectivity index (χ2n) is 9.29. The Morgan fingerprint density at radius 2 is 2.10 bits per heavy atom. The third-order valence-electron chi connectivity index (χ3n) is 7.22. The van der Waals surface area contributed by atoms with Gasteiger partial charge in [0.15, 0.2) is 5.65 Å². The van der Waals surface area contributed by atoms with Crippen LogP contribution in [0, 0.1) is 5.92 Å². The van der Waals surface area contributed by atoms with Crippen molar-refractivity contribution in [2.24, 2.45) is 11.7 Å². The smallest absolute Gasteiger partial charge is 0.171 e. The van der Waals surface area contributed by atoms with Gasteiger partial charge >= 0.3 is 0 Å². The monoisotopic (exact) mass is 481 g/mol. The first-order chi connectivity index (χ1) is 13.8. The number of halogens is 1. The minimum absolute atomic E-state index is 0.0831. The molecule has 1 unspecified atom stereocenters. The fourth-order valence-electron chi connectivity index (χ4n) is 5.96. The van der Waals surface area contributed by atoms with E-state index in [1.165, 1.54) is 6.26 Å². The van der Waals surface area contributed by atoms with Crippen molar-refractivity contribution in [1.29, 1.82) is 0 Å². The second-order valence-corrected chi connectivity index (χ2v) is 12.3. The summed E-state index contributed by atoms with van der Waals surface area (Å²) in [4.78, 5) is 5.08. The number of nitrogens with one attached hydrogen (secondary N) is 1. The first-order valence-electron chi connectivity index (χ1n) is 10.5. The Kier molecular flexibility index (Phi) is 4.71. The third kappa shape index (κ3) is 3.29. The van der Waals surface area contributed by atoms with Crippen molar-refractivity contribution in [3.05, 3.63) is 21.9 Å². The van der Waals surface area contributed by atoms with Crippen molar-refractivity contribution in [3.8, 4) is 0 Å². The summed E-state index contributed by atoms with van der Waals surface area (Å²) in [6.07, 6.45) is 11.2. The van der Waals surface area contributed by atoms with E-state index in [1.54, 1.807) is 6.20 Å². The molecule has 5 rings (SSSR count). The van der Waals surface area contributed by atoms with Crippen molar-refractivity contribution in [2.75, 3.05) is 17.3 Å². The van der Waals surface area contributed by atoms with Gasteiger partial charge in [-0.3, -0.25) is 0 Å². The molecule has 2 saturated carbocycles. The van der Waals surface area contributed by atoms with Crippen LogP contribution in [0.1, 0.15) is 56.2 Å². The molecular formula is C20H28BrN5O2S. The summed E-state index contributed by atoms with van der Waals surface area (Å²) in [5.74, 6) is 1.29. The van der Waals surface area contributed by atoms with E-state index in [9.17, 15) is 8.42 Å². The molecule has 9 heteroatoms. The summed E-state index contributed by atoms with van der Waals surface area (Å²) in [6, 6.07) is 0.553. The summed E-state index contributed by atoms with van der Waals surface area (Å²) in [5.41, 5.74) is 9.07. The van der Waals surface area contributed by atoms with Crippen LogP contribution < -0.4 is 11.1 Å². The van der Waals surface area contributed by atoms with E-state index < -0.39 is 9.84 Å². The highest BCUT2D eigenvalue weighted by Gasteiger charge is 2.52. The molecule has 158 valence electrons. The summed E-state index contributed by atoms with van der Waals surface area (Å²) < 4.78 is 27.2. The van der Waals surface area contributed by atoms with Gasteiger partial charge in [-0.15, -0.1) is 0 Å². The number of rotatable bonds is 4. The fraction of sp³-hybridized carbons (Fsp3) is 0.700. The molecule has 2 aromatic rings. The molecular weight excluding hydrogens is 454 g/mol. The summed E-state index contributed by atoms with van der Waals surface area (Å²) >= 11 is 3.60. The summed E-state index contributed by atoms with van der Waals surface area (Å²) in [5, 5.41) is 8.29. The number of fused-ring (bicyclic) bond motifs is 3. The lowest BCUT2D eigenvalue weighted by Crippen LogP contribution is -2.34. The number of nitrogens with two attached hydrogens (primary N) is 1. The minimum atomic E-state index is -3.07. The number of hydrogen-bond donors (Lipinski definition) is 2. The molecule has 2 fully saturated rings. The van der Waals surface area contributed by atoms with Gasteiger partial charge in [0.25, 0.3) is 0 Å². The second kappa shape index (κ2) is 6.92. The van der Waals surface area contributed by atoms with Crippen LogP contribution in [0.5, 0.6) is 0 Å². The molecule has 0 saturated heterocycles. The molecule has 3 aliphatic rings. The average Bonchev–Trinajstić information content (AvgIpc) is 3.40. The number of aromatic nitrogens is 3. The van der Waals surface area contributed by atoms with Crippen LogP contribution >= 0.6 is 15.9 Å². The molecule has 1 spiro atoms. The fourth-order valence-corrected chi connectivity index (χ4v) is 7.48. The maximum atomic E-state index is 12.2. The lowest BCUT2D eigenvalue weighted by atomic mass is 9.76. The Balaban J connectivity index is 1.66. The van der Waals surface area contributed by atoms with Crippen LogP contribution in [0.15, 0.2) is 10.7 Å². The minimum Gasteiger partial charge on any atom is -0.367 e. The molecule has 0 radical (unpaired) electrons. The predicted molar refractivity (Wildman–Crippen MR) is 117 cm³/mol. The van der Waals surface area contributed by atoms with Gasteiger partial charge in [0.2, 0.25) is 0 Å². The number of anilines is 1. The Hall–Kier alpha value is -1.19.